The molecular weight excluding hydrogens is 238 g/mol. The van der Waals surface area contributed by atoms with Crippen molar-refractivity contribution in [2.45, 2.75) is 70.4 Å². The Morgan fingerprint density at radius 3 is 2.47 bits per heavy atom. The third-order valence-corrected chi connectivity index (χ3v) is 4.90. The quantitative estimate of drug-likeness (QED) is 0.770. The summed E-state index contributed by atoms with van der Waals surface area (Å²) in [6.07, 6.45) is 9.06. The summed E-state index contributed by atoms with van der Waals surface area (Å²) in [5.41, 5.74) is 0.0194. The summed E-state index contributed by atoms with van der Waals surface area (Å²) in [5.74, 6) is 0.907. The molecule has 0 aromatic carbocycles. The molecular formula is C16H31NO2. The molecule has 2 rings (SSSR count). The van der Waals surface area contributed by atoms with Crippen LogP contribution in [-0.2, 0) is 9.47 Å². The van der Waals surface area contributed by atoms with Crippen molar-refractivity contribution in [3.8, 4) is 0 Å². The van der Waals surface area contributed by atoms with Crippen LogP contribution in [0.5, 0.6) is 0 Å². The van der Waals surface area contributed by atoms with Crippen molar-refractivity contribution in [2.24, 2.45) is 5.92 Å². The fourth-order valence-corrected chi connectivity index (χ4v) is 3.91. The molecule has 3 nitrogen and oxygen atoms in total. The smallest absolute Gasteiger partial charge is 0.0878 e. The van der Waals surface area contributed by atoms with E-state index in [1.54, 1.807) is 0 Å². The van der Waals surface area contributed by atoms with Gasteiger partial charge in [-0.05, 0) is 25.8 Å². The second-order valence-corrected chi connectivity index (χ2v) is 6.11. The van der Waals surface area contributed by atoms with E-state index in [0.717, 1.165) is 45.1 Å². The van der Waals surface area contributed by atoms with Gasteiger partial charge in [-0.25, -0.2) is 0 Å². The standard InChI is InChI=1S/C16H31NO2/c1-3-17-15(13-14-7-5-6-8-14)16(19-4-2)9-11-18-12-10-16/h14-15,17H,3-13H2,1-2H3. The largest absolute Gasteiger partial charge is 0.381 e. The fraction of sp³-hybridized carbons (Fsp3) is 1.00. The number of nitrogens with one attached hydrogen (secondary N) is 1. The van der Waals surface area contributed by atoms with Crippen LogP contribution >= 0.6 is 0 Å². The minimum absolute atomic E-state index is 0.0194. The van der Waals surface area contributed by atoms with E-state index in [1.807, 2.05) is 0 Å². The Morgan fingerprint density at radius 2 is 1.89 bits per heavy atom. The van der Waals surface area contributed by atoms with Gasteiger partial charge in [0.05, 0.1) is 5.60 Å². The van der Waals surface area contributed by atoms with Crippen molar-refractivity contribution in [3.63, 3.8) is 0 Å². The van der Waals surface area contributed by atoms with Crippen LogP contribution in [0.4, 0.5) is 0 Å². The number of rotatable bonds is 7. The summed E-state index contributed by atoms with van der Waals surface area (Å²) in [6.45, 7) is 7.88. The van der Waals surface area contributed by atoms with Crippen molar-refractivity contribution in [1.82, 2.24) is 5.32 Å². The first kappa shape index (κ1) is 15.3. The van der Waals surface area contributed by atoms with E-state index < -0.39 is 0 Å². The van der Waals surface area contributed by atoms with Gasteiger partial charge in [0.1, 0.15) is 0 Å². The molecule has 0 bridgehead atoms. The van der Waals surface area contributed by atoms with Gasteiger partial charge >= 0.3 is 0 Å². The Balaban J connectivity index is 2.03. The van der Waals surface area contributed by atoms with Crippen LogP contribution in [0.25, 0.3) is 0 Å². The second-order valence-electron chi connectivity index (χ2n) is 6.11. The van der Waals surface area contributed by atoms with Gasteiger partial charge in [-0.2, -0.15) is 0 Å². The van der Waals surface area contributed by atoms with Gasteiger partial charge in [0, 0.05) is 38.7 Å². The maximum atomic E-state index is 6.25. The lowest BCUT2D eigenvalue weighted by molar-refractivity contribution is -0.129. The van der Waals surface area contributed by atoms with Gasteiger partial charge in [-0.15, -0.1) is 0 Å². The fourth-order valence-electron chi connectivity index (χ4n) is 3.91. The number of hydrogen-bond donors (Lipinski definition) is 1. The van der Waals surface area contributed by atoms with E-state index in [9.17, 15) is 0 Å². The topological polar surface area (TPSA) is 30.5 Å². The highest BCUT2D eigenvalue weighted by atomic mass is 16.5. The van der Waals surface area contributed by atoms with E-state index in [-0.39, 0.29) is 5.60 Å². The van der Waals surface area contributed by atoms with Crippen molar-refractivity contribution in [1.29, 1.82) is 0 Å². The molecule has 2 aliphatic rings. The lowest BCUT2D eigenvalue weighted by Crippen LogP contribution is -2.56. The monoisotopic (exact) mass is 269 g/mol. The van der Waals surface area contributed by atoms with Crippen LogP contribution in [0.2, 0.25) is 0 Å². The molecule has 1 unspecified atom stereocenters. The zero-order valence-corrected chi connectivity index (χ0v) is 12.7. The molecule has 1 heterocycles. The van der Waals surface area contributed by atoms with Crippen molar-refractivity contribution >= 4 is 0 Å². The van der Waals surface area contributed by atoms with Crippen LogP contribution < -0.4 is 5.32 Å². The van der Waals surface area contributed by atoms with Gasteiger partial charge in [0.15, 0.2) is 0 Å². The summed E-state index contributed by atoms with van der Waals surface area (Å²) < 4.78 is 11.8. The highest BCUT2D eigenvalue weighted by molar-refractivity contribution is 4.96. The van der Waals surface area contributed by atoms with Crippen LogP contribution in [0.15, 0.2) is 0 Å². The zero-order chi connectivity index (χ0) is 13.6. The molecule has 1 saturated heterocycles. The molecule has 1 aliphatic carbocycles. The average molecular weight is 269 g/mol. The molecule has 19 heavy (non-hydrogen) atoms. The molecule has 112 valence electrons. The maximum absolute atomic E-state index is 6.25. The van der Waals surface area contributed by atoms with Crippen LogP contribution in [0.3, 0.4) is 0 Å². The molecule has 0 aromatic rings. The zero-order valence-electron chi connectivity index (χ0n) is 12.7. The van der Waals surface area contributed by atoms with E-state index in [2.05, 4.69) is 19.2 Å². The normalized spacial score (nSPS) is 25.6. The molecule has 1 saturated carbocycles. The predicted molar refractivity (Wildman–Crippen MR) is 78.4 cm³/mol. The Labute approximate surface area is 118 Å². The van der Waals surface area contributed by atoms with Gasteiger partial charge in [0.25, 0.3) is 0 Å². The van der Waals surface area contributed by atoms with E-state index in [1.165, 1.54) is 32.1 Å². The van der Waals surface area contributed by atoms with Crippen LogP contribution in [-0.4, -0.2) is 38.0 Å². The second kappa shape index (κ2) is 7.61. The Kier molecular flexibility index (Phi) is 6.11. The van der Waals surface area contributed by atoms with Gasteiger partial charge in [0.2, 0.25) is 0 Å². The summed E-state index contributed by atoms with van der Waals surface area (Å²) in [7, 11) is 0. The van der Waals surface area contributed by atoms with E-state index in [0.29, 0.717) is 6.04 Å². The first-order valence-corrected chi connectivity index (χ1v) is 8.26. The van der Waals surface area contributed by atoms with Crippen molar-refractivity contribution in [3.05, 3.63) is 0 Å². The highest BCUT2D eigenvalue weighted by Crippen LogP contribution is 2.36. The van der Waals surface area contributed by atoms with Gasteiger partial charge in [-0.3, -0.25) is 0 Å². The van der Waals surface area contributed by atoms with Crippen LogP contribution in [0.1, 0.15) is 58.8 Å². The Morgan fingerprint density at radius 1 is 1.21 bits per heavy atom. The maximum Gasteiger partial charge on any atom is 0.0878 e. The van der Waals surface area contributed by atoms with E-state index in [4.69, 9.17) is 9.47 Å². The summed E-state index contributed by atoms with van der Waals surface area (Å²) in [5, 5.41) is 3.72. The molecule has 1 atom stereocenters. The molecule has 2 fully saturated rings. The summed E-state index contributed by atoms with van der Waals surface area (Å²) in [6, 6.07) is 0.504. The van der Waals surface area contributed by atoms with Crippen LogP contribution in [0, 0.1) is 5.92 Å². The van der Waals surface area contributed by atoms with Crippen molar-refractivity contribution < 1.29 is 9.47 Å². The molecule has 0 amide bonds. The number of ether oxygens (including phenoxy) is 2. The molecule has 1 N–H and O–H groups in total. The van der Waals surface area contributed by atoms with E-state index >= 15 is 0 Å². The SMILES string of the molecule is CCNC(CC1CCCC1)C1(OCC)CCOCC1. The lowest BCUT2D eigenvalue weighted by atomic mass is 9.80. The minimum atomic E-state index is 0.0194. The van der Waals surface area contributed by atoms with Gasteiger partial charge in [-0.1, -0.05) is 32.6 Å². The predicted octanol–water partition coefficient (Wildman–Crippen LogP) is 3.13. The molecule has 0 spiro atoms. The molecule has 0 aromatic heterocycles. The summed E-state index contributed by atoms with van der Waals surface area (Å²) >= 11 is 0. The minimum Gasteiger partial charge on any atom is -0.381 e. The Bertz CT molecular complexity index is 240. The summed E-state index contributed by atoms with van der Waals surface area (Å²) in [4.78, 5) is 0. The first-order valence-electron chi connectivity index (χ1n) is 8.26. The number of hydrogen-bond acceptors (Lipinski definition) is 3. The first-order chi connectivity index (χ1) is 9.30. The third-order valence-electron chi connectivity index (χ3n) is 4.90. The van der Waals surface area contributed by atoms with Crippen molar-refractivity contribution in [2.75, 3.05) is 26.4 Å². The highest BCUT2D eigenvalue weighted by Gasteiger charge is 2.41. The van der Waals surface area contributed by atoms with Gasteiger partial charge < -0.3 is 14.8 Å². The third kappa shape index (κ3) is 3.93. The molecule has 1 aliphatic heterocycles. The molecule has 3 heteroatoms. The molecule has 0 radical (unpaired) electrons. The average Bonchev–Trinajstić information content (AvgIpc) is 2.93. The number of likely N-dealkylation sites (N-methyl/N-ethyl adjacent to an activating group) is 1. The Hall–Kier alpha value is -0.120. The lowest BCUT2D eigenvalue weighted by Gasteiger charge is -2.44.